The summed E-state index contributed by atoms with van der Waals surface area (Å²) >= 11 is 6.73. The minimum atomic E-state index is -1.50. The number of hydrogen-bond acceptors (Lipinski definition) is 8. The molecular formula is C37H42ClN3O8. The van der Waals surface area contributed by atoms with Crippen LogP contribution in [-0.4, -0.2) is 90.4 Å². The molecule has 1 spiro atoms. The second kappa shape index (κ2) is 14.4. The normalized spacial score (nSPS) is 31.4. The highest BCUT2D eigenvalue weighted by molar-refractivity contribution is 6.34. The topological polar surface area (TPSA) is 135 Å². The highest BCUT2D eigenvalue weighted by Crippen LogP contribution is 2.56. The average Bonchev–Trinajstić information content (AvgIpc) is 3.74. The average molecular weight is 692 g/mol. The van der Waals surface area contributed by atoms with Crippen molar-refractivity contribution in [2.24, 2.45) is 11.8 Å². The summed E-state index contributed by atoms with van der Waals surface area (Å²) in [7, 11) is 1.50. The molecule has 0 saturated carbocycles. The summed E-state index contributed by atoms with van der Waals surface area (Å²) in [4.78, 5) is 60.2. The molecule has 49 heavy (non-hydrogen) atoms. The first-order valence-electron chi connectivity index (χ1n) is 16.7. The Morgan fingerprint density at radius 2 is 1.86 bits per heavy atom. The number of amides is 3. The molecule has 4 heterocycles. The third-order valence-electron chi connectivity index (χ3n) is 10.0. The largest absolute Gasteiger partial charge is 0.455 e. The molecule has 4 aliphatic heterocycles. The highest BCUT2D eigenvalue weighted by Gasteiger charge is 2.74. The minimum Gasteiger partial charge on any atom is -0.455 e. The Hall–Kier alpha value is -4.03. The maximum Gasteiger partial charge on any atom is 0.313 e. The maximum absolute atomic E-state index is 15.1. The fourth-order valence-corrected chi connectivity index (χ4v) is 8.10. The van der Waals surface area contributed by atoms with Gasteiger partial charge < -0.3 is 34.4 Å². The molecule has 0 aliphatic carbocycles. The molecule has 3 amide bonds. The fraction of sp³-hybridized carbons (Fsp3) is 0.459. The number of esters is 1. The number of aliphatic hydroxyl groups excluding tert-OH is 1. The smallest absolute Gasteiger partial charge is 0.313 e. The van der Waals surface area contributed by atoms with Crippen molar-refractivity contribution in [2.75, 3.05) is 31.8 Å². The molecule has 11 nitrogen and oxygen atoms in total. The quantitative estimate of drug-likeness (QED) is 0.332. The van der Waals surface area contributed by atoms with Gasteiger partial charge in [0.15, 0.2) is 0 Å². The van der Waals surface area contributed by atoms with Crippen LogP contribution in [0.3, 0.4) is 0 Å². The van der Waals surface area contributed by atoms with Gasteiger partial charge in [-0.25, -0.2) is 0 Å². The van der Waals surface area contributed by atoms with E-state index in [1.54, 1.807) is 54.6 Å². The standard InChI is InChI=1S/C37H42ClN3O8/c1-4-24(20-42)41-33-35(45)40(31-22(2)12-11-15-25(31)38)19-10-6-9-16-28(43)39-26(21-47-3)32(23-13-7-5-8-14-23)48-36(46)29-27-17-18-37(33,49-27)30(29)34(41)44/h5-8,10-15,17-18,24,26-27,29-30,32-33,42H,4,9,16,19-21H2,1-3H3,(H,39,43)/b10-6-/t24-,26-,27+,29-,30-,32-,33+,37-/m0/s1. The van der Waals surface area contributed by atoms with Crippen LogP contribution in [0.1, 0.15) is 43.4 Å². The van der Waals surface area contributed by atoms with Crippen molar-refractivity contribution >= 4 is 41.0 Å². The molecule has 0 unspecified atom stereocenters. The summed E-state index contributed by atoms with van der Waals surface area (Å²) in [6.45, 7) is 3.41. The number of allylic oxidation sites excluding steroid dienone is 1. The maximum atomic E-state index is 15.1. The van der Waals surface area contributed by atoms with E-state index in [1.807, 2.05) is 32.1 Å². The zero-order valence-electron chi connectivity index (χ0n) is 27.8. The number of nitrogens with one attached hydrogen (secondary N) is 1. The van der Waals surface area contributed by atoms with Crippen LogP contribution in [0.5, 0.6) is 0 Å². The number of halogens is 1. The number of aryl methyl sites for hydroxylation is 1. The zero-order valence-corrected chi connectivity index (χ0v) is 28.5. The Morgan fingerprint density at radius 3 is 2.55 bits per heavy atom. The van der Waals surface area contributed by atoms with Gasteiger partial charge in [0.05, 0.1) is 48.0 Å². The Morgan fingerprint density at radius 1 is 1.08 bits per heavy atom. The molecule has 8 atom stereocenters. The van der Waals surface area contributed by atoms with Gasteiger partial charge in [-0.3, -0.25) is 19.2 Å². The van der Waals surface area contributed by atoms with Crippen LogP contribution in [0.2, 0.25) is 5.02 Å². The number of rotatable bonds is 7. The van der Waals surface area contributed by atoms with Crippen LogP contribution >= 0.6 is 11.6 Å². The van der Waals surface area contributed by atoms with Crippen LogP contribution < -0.4 is 10.2 Å². The van der Waals surface area contributed by atoms with E-state index in [1.165, 1.54) is 16.9 Å². The van der Waals surface area contributed by atoms with Gasteiger partial charge in [0.1, 0.15) is 23.7 Å². The minimum absolute atomic E-state index is 0.0520. The van der Waals surface area contributed by atoms with Crippen molar-refractivity contribution in [2.45, 2.75) is 69.0 Å². The Labute approximate surface area is 290 Å². The molecule has 260 valence electrons. The summed E-state index contributed by atoms with van der Waals surface area (Å²) in [5, 5.41) is 13.8. The van der Waals surface area contributed by atoms with E-state index in [-0.39, 0.29) is 25.5 Å². The first-order valence-corrected chi connectivity index (χ1v) is 17.1. The molecule has 4 aliphatic rings. The van der Waals surface area contributed by atoms with Crippen molar-refractivity contribution in [3.8, 4) is 0 Å². The van der Waals surface area contributed by atoms with Crippen LogP contribution in [0.4, 0.5) is 5.69 Å². The van der Waals surface area contributed by atoms with Crippen molar-refractivity contribution in [3.63, 3.8) is 0 Å². The Kier molecular flexibility index (Phi) is 10.3. The number of nitrogens with zero attached hydrogens (tertiary/aromatic N) is 2. The van der Waals surface area contributed by atoms with Crippen molar-refractivity contribution in [3.05, 3.63) is 89.0 Å². The van der Waals surface area contributed by atoms with E-state index in [0.717, 1.165) is 5.56 Å². The predicted octanol–water partition coefficient (Wildman–Crippen LogP) is 3.67. The van der Waals surface area contributed by atoms with Gasteiger partial charge in [-0.15, -0.1) is 0 Å². The number of carbonyl (C=O) groups excluding carboxylic acids is 4. The number of carbonyl (C=O) groups is 4. The molecule has 2 saturated heterocycles. The lowest BCUT2D eigenvalue weighted by atomic mass is 9.74. The van der Waals surface area contributed by atoms with Gasteiger partial charge in [0.2, 0.25) is 11.8 Å². The van der Waals surface area contributed by atoms with E-state index in [4.69, 9.17) is 25.8 Å². The summed E-state index contributed by atoms with van der Waals surface area (Å²) < 4.78 is 18.3. The zero-order chi connectivity index (χ0) is 34.9. The second-order valence-corrected chi connectivity index (χ2v) is 13.4. The van der Waals surface area contributed by atoms with Crippen LogP contribution in [0.25, 0.3) is 0 Å². The van der Waals surface area contributed by atoms with Crippen molar-refractivity contribution < 1.29 is 38.5 Å². The number of para-hydroxylation sites is 1. The van der Waals surface area contributed by atoms with Crippen LogP contribution in [0, 0.1) is 18.8 Å². The number of likely N-dealkylation sites (tertiary alicyclic amines) is 1. The Balaban J connectivity index is 1.50. The summed E-state index contributed by atoms with van der Waals surface area (Å²) in [6, 6.07) is 11.7. The number of ether oxygens (including phenoxy) is 3. The van der Waals surface area contributed by atoms with E-state index >= 15 is 4.79 Å². The number of fused-ring (bicyclic) bond motifs is 2. The molecule has 6 rings (SSSR count). The predicted molar refractivity (Wildman–Crippen MR) is 182 cm³/mol. The molecule has 2 aromatic carbocycles. The number of hydrogen-bond donors (Lipinski definition) is 2. The molecular weight excluding hydrogens is 650 g/mol. The summed E-state index contributed by atoms with van der Waals surface area (Å²) in [6.07, 6.45) is 6.12. The first-order chi connectivity index (χ1) is 23.7. The summed E-state index contributed by atoms with van der Waals surface area (Å²) in [5.74, 6) is -4.10. The van der Waals surface area contributed by atoms with Gasteiger partial charge in [-0.1, -0.05) is 85.3 Å². The molecule has 2 fully saturated rings. The monoisotopic (exact) mass is 691 g/mol. The third kappa shape index (κ3) is 6.18. The molecule has 5 bridgehead atoms. The van der Waals surface area contributed by atoms with Crippen LogP contribution in [-0.2, 0) is 33.4 Å². The van der Waals surface area contributed by atoms with Crippen LogP contribution in [0.15, 0.2) is 72.8 Å². The fourth-order valence-electron chi connectivity index (χ4n) is 7.77. The number of methoxy groups -OCH3 is 1. The van der Waals surface area contributed by atoms with Crippen molar-refractivity contribution in [1.82, 2.24) is 10.2 Å². The van der Waals surface area contributed by atoms with Gasteiger partial charge >= 0.3 is 5.97 Å². The lowest BCUT2D eigenvalue weighted by Crippen LogP contribution is -2.58. The van der Waals surface area contributed by atoms with E-state index in [2.05, 4.69) is 5.32 Å². The van der Waals surface area contributed by atoms with Crippen molar-refractivity contribution in [1.29, 1.82) is 0 Å². The highest BCUT2D eigenvalue weighted by atomic mass is 35.5. The van der Waals surface area contributed by atoms with Gasteiger partial charge in [0, 0.05) is 20.1 Å². The van der Waals surface area contributed by atoms with Gasteiger partial charge in [-0.05, 0) is 37.0 Å². The second-order valence-electron chi connectivity index (χ2n) is 13.0. The molecule has 2 aromatic rings. The Bertz CT molecular complexity index is 1620. The molecule has 2 N–H and O–H groups in total. The van der Waals surface area contributed by atoms with E-state index < -0.39 is 72.2 Å². The first kappa shape index (κ1) is 34.8. The van der Waals surface area contributed by atoms with Gasteiger partial charge in [-0.2, -0.15) is 0 Å². The molecule has 0 aromatic heterocycles. The third-order valence-corrected chi connectivity index (χ3v) is 10.3. The molecule has 0 radical (unpaired) electrons. The number of aliphatic hydroxyl groups is 1. The lowest BCUT2D eigenvalue weighted by Gasteiger charge is -2.39. The van der Waals surface area contributed by atoms with E-state index in [9.17, 15) is 19.5 Å². The number of anilines is 1. The SMILES string of the molecule is CC[C@@H](CO)N1C(=O)[C@@H]2[C@H]3C(=O)O[C@@H](c4ccccc4)[C@H](COC)NC(=O)CC/C=C\CN(c4c(C)cccc4Cl)C(=O)[C@@H]1[C@]21C=C[C@H]3O1. The number of cyclic esters (lactones) is 1. The van der Waals surface area contributed by atoms with Gasteiger partial charge in [0.25, 0.3) is 5.91 Å². The number of benzene rings is 2. The lowest BCUT2D eigenvalue weighted by molar-refractivity contribution is -0.162. The van der Waals surface area contributed by atoms with E-state index in [0.29, 0.717) is 29.1 Å². The summed E-state index contributed by atoms with van der Waals surface area (Å²) in [5.41, 5.74) is 0.344. The molecule has 12 heteroatoms.